The van der Waals surface area contributed by atoms with Gasteiger partial charge in [-0.15, -0.1) is 0 Å². The molecular weight excluding hydrogens is 497 g/mol. The third-order valence-electron chi connectivity index (χ3n) is 9.30. The number of carbonyl (C=O) groups is 1. The number of fused-ring (bicyclic) bond motifs is 1. The van der Waals surface area contributed by atoms with Crippen LogP contribution in [-0.2, 0) is 17.4 Å². The van der Waals surface area contributed by atoms with Crippen LogP contribution in [0.4, 0.5) is 18.9 Å². The Morgan fingerprint density at radius 3 is 2.46 bits per heavy atom. The molecule has 1 saturated carbocycles. The molecule has 1 N–H and O–H groups in total. The zero-order valence-corrected chi connectivity index (χ0v) is 23.2. The molecule has 1 atom stereocenters. The molecule has 1 unspecified atom stereocenters. The van der Waals surface area contributed by atoms with Gasteiger partial charge in [-0.1, -0.05) is 63.3 Å². The van der Waals surface area contributed by atoms with Gasteiger partial charge in [0.1, 0.15) is 0 Å². The van der Waals surface area contributed by atoms with Gasteiger partial charge in [0, 0.05) is 5.69 Å². The number of halogens is 3. The third kappa shape index (κ3) is 6.59. The van der Waals surface area contributed by atoms with Crippen LogP contribution in [0.15, 0.2) is 36.4 Å². The van der Waals surface area contributed by atoms with Crippen molar-refractivity contribution in [2.45, 2.75) is 90.3 Å². The second-order valence-electron chi connectivity index (χ2n) is 11.9. The van der Waals surface area contributed by atoms with Crippen molar-refractivity contribution in [3.63, 3.8) is 0 Å². The number of carbonyl (C=O) groups excluding carboxylic acids is 1. The smallest absolute Gasteiger partial charge is 0.324 e. The van der Waals surface area contributed by atoms with E-state index in [0.717, 1.165) is 85.0 Å². The summed E-state index contributed by atoms with van der Waals surface area (Å²) < 4.78 is 39.9. The summed E-state index contributed by atoms with van der Waals surface area (Å²) in [6.07, 6.45) is 8.89. The quantitative estimate of drug-likeness (QED) is 0.342. The summed E-state index contributed by atoms with van der Waals surface area (Å²) >= 11 is 0. The van der Waals surface area contributed by atoms with Gasteiger partial charge in [-0.3, -0.25) is 9.69 Å². The van der Waals surface area contributed by atoms with E-state index in [0.29, 0.717) is 12.0 Å². The van der Waals surface area contributed by atoms with E-state index in [1.165, 1.54) is 37.8 Å². The second kappa shape index (κ2) is 11.9. The first kappa shape index (κ1) is 27.9. The number of likely N-dealkylation sites (tertiary alicyclic amines) is 1. The molecule has 39 heavy (non-hydrogen) atoms. The summed E-state index contributed by atoms with van der Waals surface area (Å²) in [5.74, 6) is 1.63. The summed E-state index contributed by atoms with van der Waals surface area (Å²) in [7, 11) is 0. The minimum atomic E-state index is -4.35. The molecule has 2 fully saturated rings. The van der Waals surface area contributed by atoms with Crippen molar-refractivity contribution in [2.24, 2.45) is 11.8 Å². The molecule has 0 radical (unpaired) electrons. The lowest BCUT2D eigenvalue weighted by molar-refractivity contribution is -0.137. The highest BCUT2D eigenvalue weighted by molar-refractivity contribution is 5.98. The molecule has 2 heterocycles. The molecule has 6 heteroatoms. The highest BCUT2D eigenvalue weighted by atomic mass is 19.4. The molecule has 5 rings (SSSR count). The van der Waals surface area contributed by atoms with Crippen molar-refractivity contribution in [3.05, 3.63) is 64.2 Å². The Kier molecular flexibility index (Phi) is 8.51. The fraction of sp³-hybridized carbons (Fsp3) is 0.545. The number of nitrogens with one attached hydrogen (secondary N) is 1. The van der Waals surface area contributed by atoms with Gasteiger partial charge in [-0.2, -0.15) is 13.2 Å². The Balaban J connectivity index is 1.36. The first-order chi connectivity index (χ1) is 18.7. The Hall–Kier alpha value is -2.60. The number of allylic oxidation sites excluding steroid dienone is 1. The van der Waals surface area contributed by atoms with Gasteiger partial charge in [0.25, 0.3) is 0 Å². The van der Waals surface area contributed by atoms with Crippen LogP contribution in [0.1, 0.15) is 92.5 Å². The predicted octanol–water partition coefficient (Wildman–Crippen LogP) is 8.51. The average Bonchev–Trinajstić information content (AvgIpc) is 2.88. The van der Waals surface area contributed by atoms with Crippen LogP contribution in [-0.4, -0.2) is 29.9 Å². The number of piperidine rings is 1. The number of aryl methyl sites for hydroxylation is 1. The molecule has 1 amide bonds. The lowest BCUT2D eigenvalue weighted by Gasteiger charge is -2.38. The van der Waals surface area contributed by atoms with Crippen LogP contribution in [0, 0.1) is 18.8 Å². The maximum atomic E-state index is 13.3. The van der Waals surface area contributed by atoms with Crippen molar-refractivity contribution in [2.75, 3.05) is 18.4 Å². The van der Waals surface area contributed by atoms with Gasteiger partial charge in [-0.25, -0.2) is 0 Å². The number of anilines is 1. The van der Waals surface area contributed by atoms with Crippen molar-refractivity contribution >= 4 is 23.2 Å². The molecule has 210 valence electrons. The largest absolute Gasteiger partial charge is 0.416 e. The number of hydrogen-bond acceptors (Lipinski definition) is 2. The van der Waals surface area contributed by atoms with E-state index in [4.69, 9.17) is 0 Å². The molecule has 1 aliphatic carbocycles. The molecule has 2 aromatic rings. The van der Waals surface area contributed by atoms with Crippen molar-refractivity contribution in [1.82, 2.24) is 4.90 Å². The molecule has 2 aromatic carbocycles. The van der Waals surface area contributed by atoms with Crippen LogP contribution in [0.25, 0.3) is 11.6 Å². The molecule has 3 nitrogen and oxygen atoms in total. The Labute approximate surface area is 230 Å². The molecule has 2 aliphatic heterocycles. The first-order valence-electron chi connectivity index (χ1n) is 14.8. The zero-order chi connectivity index (χ0) is 27.6. The Morgan fingerprint density at radius 1 is 1.05 bits per heavy atom. The molecule has 0 bridgehead atoms. The number of benzene rings is 2. The van der Waals surface area contributed by atoms with Gasteiger partial charge >= 0.3 is 6.18 Å². The van der Waals surface area contributed by atoms with Crippen LogP contribution in [0.5, 0.6) is 0 Å². The van der Waals surface area contributed by atoms with Crippen molar-refractivity contribution < 1.29 is 18.0 Å². The Morgan fingerprint density at radius 2 is 1.82 bits per heavy atom. The molecule has 3 aliphatic rings. The highest BCUT2D eigenvalue weighted by Crippen LogP contribution is 2.37. The van der Waals surface area contributed by atoms with E-state index >= 15 is 0 Å². The standard InChI is InChI=1S/C33H41F3N2O/c1-3-23-14-16-38(17-15-23)31-21-27-11-10-25(20-30(27)37-32(31)39)19-26(9-5-8-24-6-4-7-24)29-13-12-28(18-22(29)2)33(34,35)36/h10-13,18-20,23-24,31H,3-9,14-17,21H2,1-2H3,(H,37,39)/b26-19+. The SMILES string of the molecule is CCC1CCN(C2Cc3ccc(/C=C(\CCCC4CCC4)c4ccc(C(F)(F)F)cc4C)cc3NC2=O)CC1. The van der Waals surface area contributed by atoms with Gasteiger partial charge in [0.05, 0.1) is 11.6 Å². The topological polar surface area (TPSA) is 32.3 Å². The average molecular weight is 539 g/mol. The van der Waals surface area contributed by atoms with Crippen molar-refractivity contribution in [3.8, 4) is 0 Å². The fourth-order valence-corrected chi connectivity index (χ4v) is 6.51. The number of nitrogens with zero attached hydrogens (tertiary/aromatic N) is 1. The number of amides is 1. The number of alkyl halides is 3. The molecule has 0 spiro atoms. The van der Waals surface area contributed by atoms with E-state index in [1.54, 1.807) is 13.0 Å². The molecular formula is C33H41F3N2O. The van der Waals surface area contributed by atoms with E-state index in [1.807, 2.05) is 6.07 Å². The minimum absolute atomic E-state index is 0.0675. The second-order valence-corrected chi connectivity index (χ2v) is 11.9. The van der Waals surface area contributed by atoms with Crippen LogP contribution < -0.4 is 5.32 Å². The number of hydrogen-bond donors (Lipinski definition) is 1. The molecule has 0 aromatic heterocycles. The monoisotopic (exact) mass is 538 g/mol. The third-order valence-corrected chi connectivity index (χ3v) is 9.30. The van der Waals surface area contributed by atoms with Crippen LogP contribution in [0.2, 0.25) is 0 Å². The van der Waals surface area contributed by atoms with Gasteiger partial charge < -0.3 is 5.32 Å². The minimum Gasteiger partial charge on any atom is -0.324 e. The summed E-state index contributed by atoms with van der Waals surface area (Å²) in [6, 6.07) is 10.2. The maximum absolute atomic E-state index is 13.3. The zero-order valence-electron chi connectivity index (χ0n) is 23.2. The predicted molar refractivity (Wildman–Crippen MR) is 152 cm³/mol. The summed E-state index contributed by atoms with van der Waals surface area (Å²) in [5.41, 5.74) is 4.92. The van der Waals surface area contributed by atoms with Gasteiger partial charge in [0.2, 0.25) is 5.91 Å². The van der Waals surface area contributed by atoms with Gasteiger partial charge in [0.15, 0.2) is 0 Å². The van der Waals surface area contributed by atoms with Gasteiger partial charge in [-0.05, 0) is 110 Å². The summed E-state index contributed by atoms with van der Waals surface area (Å²) in [5, 5.41) is 3.16. The van der Waals surface area contributed by atoms with Crippen LogP contribution >= 0.6 is 0 Å². The van der Waals surface area contributed by atoms with E-state index in [9.17, 15) is 18.0 Å². The summed E-state index contributed by atoms with van der Waals surface area (Å²) in [4.78, 5) is 15.4. The first-order valence-corrected chi connectivity index (χ1v) is 14.8. The lowest BCUT2D eigenvalue weighted by atomic mass is 9.81. The summed E-state index contributed by atoms with van der Waals surface area (Å²) in [6.45, 7) is 5.96. The lowest BCUT2D eigenvalue weighted by Crippen LogP contribution is -2.50. The van der Waals surface area contributed by atoms with E-state index in [-0.39, 0.29) is 11.9 Å². The molecule has 1 saturated heterocycles. The normalized spacial score (nSPS) is 21.4. The van der Waals surface area contributed by atoms with Crippen LogP contribution in [0.3, 0.4) is 0 Å². The Bertz CT molecular complexity index is 1210. The maximum Gasteiger partial charge on any atom is 0.416 e. The van der Waals surface area contributed by atoms with E-state index < -0.39 is 11.7 Å². The highest BCUT2D eigenvalue weighted by Gasteiger charge is 2.33. The number of rotatable bonds is 8. The fourth-order valence-electron chi connectivity index (χ4n) is 6.51. The van der Waals surface area contributed by atoms with E-state index in [2.05, 4.69) is 35.3 Å². The van der Waals surface area contributed by atoms with Crippen molar-refractivity contribution in [1.29, 1.82) is 0 Å².